The molecule has 0 aromatic heterocycles. The Morgan fingerprint density at radius 1 is 0.289 bits per heavy atom. The lowest BCUT2D eigenvalue weighted by molar-refractivity contribution is -0.388. The van der Waals surface area contributed by atoms with E-state index in [-0.39, 0.29) is 0 Å². The number of nitrogens with one attached hydrogen (secondary N) is 4. The largest absolute Gasteiger partial charge is 0.394 e. The molecule has 0 saturated carbocycles. The predicted octanol–water partition coefficient (Wildman–Crippen LogP) is -15.7. The molecule has 23 N–H and O–H groups in total. The van der Waals surface area contributed by atoms with Gasteiger partial charge >= 0.3 is 0 Å². The van der Waals surface area contributed by atoms with Crippen LogP contribution in [0.3, 0.4) is 0 Å². The number of ether oxygens (including phenoxy) is 13. The normalized spacial score (nSPS) is 47.6. The maximum atomic E-state index is 12.8. The first-order valence-corrected chi connectivity index (χ1v) is 28.6. The summed E-state index contributed by atoms with van der Waals surface area (Å²) in [5.74, 6) is -3.17. The smallest absolute Gasteiger partial charge is 0.217 e. The number of carbonyl (C=O) groups excluding carboxylic acids is 4. The Hall–Kier alpha value is -3.40. The fourth-order valence-electron chi connectivity index (χ4n) is 11.4. The van der Waals surface area contributed by atoms with E-state index in [4.69, 9.17) is 61.6 Å². The standard InChI is InChI=1S/C50H84N4O36/c1-12(60)51-23-34(71)40(19(8-58)80-44(23)77)87-47-26(54-15(4)63)35(72)41(20(9-59)84-47)88-49-39(76)42(89-48-38(75)36(73)30(67)21(85-48)10-78-45-24(52-13(2)61)32(69)27(64)16(5-55)81-45)31(68)22(86-49)11-79-50-43(37(74)29(66)18(7-57)83-50)90-46-25(53-14(3)62)33(70)28(65)17(6-56)82-46/h16-50,55-59,64-77H,5-11H2,1-4H3,(H,51,60)(H,52,61)(H,53,62)(H,54,63)/t16-,17-,18-,19-,20-,21-,22-,23-,24-,25-,26-,27-,28-,29-,30-,31-,32-,33-,34-,35-,36+,37+,38+,39+,40-,41-,42+,43+,44?,45-,46+,47+,48-,49+,50+/m1/s1. The second-order valence-corrected chi connectivity index (χ2v) is 22.6. The fourth-order valence-corrected chi connectivity index (χ4v) is 11.4. The molecule has 0 bridgehead atoms. The van der Waals surface area contributed by atoms with Crippen molar-refractivity contribution in [1.29, 1.82) is 0 Å². The van der Waals surface area contributed by atoms with E-state index in [2.05, 4.69) is 21.3 Å². The molecule has 7 saturated heterocycles. The first kappa shape index (κ1) is 74.0. The molecule has 0 aromatic rings. The van der Waals surface area contributed by atoms with Gasteiger partial charge in [0.1, 0.15) is 171 Å². The van der Waals surface area contributed by atoms with Gasteiger partial charge in [0.25, 0.3) is 0 Å². The molecule has 40 nitrogen and oxygen atoms in total. The monoisotopic (exact) mass is 1320 g/mol. The molecule has 7 fully saturated rings. The number of aliphatic hydroxyl groups is 19. The van der Waals surface area contributed by atoms with Gasteiger partial charge in [0.15, 0.2) is 44.0 Å². The highest BCUT2D eigenvalue weighted by Crippen LogP contribution is 2.37. The van der Waals surface area contributed by atoms with Crippen molar-refractivity contribution in [2.75, 3.05) is 46.2 Å². The SMILES string of the molecule is CC(=O)N[C@H]1[C@H](O[C@H]2[C@H](O)[C@@H](NC(C)=O)C(O)O[C@@H]2CO)O[C@H](CO)[C@@H](O[C@@H]2O[C@H](CO[C@H]3O[C@H](CO)[C@@H](O)[C@H](O)[C@@H]3O[C@@H]3O[C@H](CO)[C@@H](O)[C@H](O)[C@H]3NC(C)=O)[C@@H](O)[C@H](O[C@H]3O[C@H](CO[C@@H]4O[C@H](CO)[C@@H](O)[C@H](O)[C@H]4NC(C)=O)[C@@H](O)[C@H](O)[C@@H]3O)[C@@H]2O)[C@@H]1O. The van der Waals surface area contributed by atoms with E-state index < -0.39 is 285 Å². The molecule has 0 aliphatic carbocycles. The Labute approximate surface area is 510 Å². The van der Waals surface area contributed by atoms with Gasteiger partial charge in [0.2, 0.25) is 23.6 Å². The summed E-state index contributed by atoms with van der Waals surface area (Å²) in [4.78, 5) is 49.1. The minimum atomic E-state index is -2.41. The third kappa shape index (κ3) is 16.6. The summed E-state index contributed by atoms with van der Waals surface area (Å²) in [6.07, 6.45) is -60.9. The first-order chi connectivity index (χ1) is 42.5. The lowest BCUT2D eigenvalue weighted by Gasteiger charge is -2.50. The number of hydrogen-bond acceptors (Lipinski definition) is 36. The molecule has 0 spiro atoms. The van der Waals surface area contributed by atoms with Gasteiger partial charge in [-0.15, -0.1) is 0 Å². The maximum absolute atomic E-state index is 12.8. The van der Waals surface area contributed by atoms with Gasteiger partial charge in [-0.25, -0.2) is 0 Å². The molecule has 4 amide bonds. The van der Waals surface area contributed by atoms with Crippen molar-refractivity contribution in [3.8, 4) is 0 Å². The zero-order valence-electron chi connectivity index (χ0n) is 48.6. The van der Waals surface area contributed by atoms with Crippen LogP contribution in [0.1, 0.15) is 27.7 Å². The van der Waals surface area contributed by atoms with E-state index in [9.17, 15) is 116 Å². The van der Waals surface area contributed by atoms with Crippen molar-refractivity contribution >= 4 is 23.6 Å². The zero-order valence-corrected chi connectivity index (χ0v) is 48.6. The minimum absolute atomic E-state index is 0.742. The van der Waals surface area contributed by atoms with Crippen LogP contribution in [0.5, 0.6) is 0 Å². The lowest BCUT2D eigenvalue weighted by Crippen LogP contribution is -2.70. The molecule has 0 aromatic carbocycles. The van der Waals surface area contributed by atoms with E-state index in [1.165, 1.54) is 0 Å². The fraction of sp³-hybridized carbons (Fsp3) is 0.920. The van der Waals surface area contributed by atoms with Crippen LogP contribution in [-0.2, 0) is 80.8 Å². The van der Waals surface area contributed by atoms with Gasteiger partial charge in [0.05, 0.1) is 46.2 Å². The summed E-state index contributed by atoms with van der Waals surface area (Å²) in [7, 11) is 0. The Morgan fingerprint density at radius 2 is 0.611 bits per heavy atom. The second kappa shape index (κ2) is 32.4. The van der Waals surface area contributed by atoms with E-state index in [1.54, 1.807) is 0 Å². The number of hydrogen-bond donors (Lipinski definition) is 23. The highest BCUT2D eigenvalue weighted by molar-refractivity contribution is 5.74. The third-order valence-electron chi connectivity index (χ3n) is 16.1. The molecule has 40 heteroatoms. The zero-order chi connectivity index (χ0) is 66.5. The molecule has 1 unspecified atom stereocenters. The van der Waals surface area contributed by atoms with E-state index >= 15 is 0 Å². The minimum Gasteiger partial charge on any atom is -0.394 e. The Morgan fingerprint density at radius 3 is 1.10 bits per heavy atom. The predicted molar refractivity (Wildman–Crippen MR) is 278 cm³/mol. The summed E-state index contributed by atoms with van der Waals surface area (Å²) in [6.45, 7) is -2.71. The molecule has 90 heavy (non-hydrogen) atoms. The quantitative estimate of drug-likeness (QED) is 0.0452. The molecule has 0 radical (unpaired) electrons. The lowest BCUT2D eigenvalue weighted by atomic mass is 9.94. The Kier molecular flexibility index (Phi) is 26.6. The topological polar surface area (TPSA) is 621 Å². The Bertz CT molecular complexity index is 2310. The molecule has 35 atom stereocenters. The van der Waals surface area contributed by atoms with Crippen LogP contribution in [0.2, 0.25) is 0 Å². The van der Waals surface area contributed by atoms with E-state index in [0.29, 0.717) is 0 Å². The van der Waals surface area contributed by atoms with Crippen molar-refractivity contribution in [1.82, 2.24) is 21.3 Å². The summed E-state index contributed by atoms with van der Waals surface area (Å²) in [5.41, 5.74) is 0. The van der Waals surface area contributed by atoms with E-state index in [0.717, 1.165) is 27.7 Å². The van der Waals surface area contributed by atoms with E-state index in [1.807, 2.05) is 0 Å². The van der Waals surface area contributed by atoms with Crippen molar-refractivity contribution in [3.63, 3.8) is 0 Å². The van der Waals surface area contributed by atoms with Gasteiger partial charge in [-0.2, -0.15) is 0 Å². The molecule has 7 heterocycles. The second-order valence-electron chi connectivity index (χ2n) is 22.6. The molecule has 7 rings (SSSR count). The molecule has 7 aliphatic rings. The van der Waals surface area contributed by atoms with Crippen molar-refractivity contribution in [2.24, 2.45) is 0 Å². The van der Waals surface area contributed by atoms with Gasteiger partial charge in [-0.3, -0.25) is 19.2 Å². The van der Waals surface area contributed by atoms with Crippen molar-refractivity contribution in [3.05, 3.63) is 0 Å². The number of carbonyl (C=O) groups is 4. The number of aliphatic hydroxyl groups excluding tert-OH is 19. The van der Waals surface area contributed by atoms with Crippen LogP contribution in [0, 0.1) is 0 Å². The third-order valence-corrected chi connectivity index (χ3v) is 16.1. The molecule has 7 aliphatic heterocycles. The highest BCUT2D eigenvalue weighted by atomic mass is 16.8. The van der Waals surface area contributed by atoms with Gasteiger partial charge in [-0.05, 0) is 0 Å². The number of rotatable bonds is 23. The van der Waals surface area contributed by atoms with Crippen LogP contribution >= 0.6 is 0 Å². The van der Waals surface area contributed by atoms with Crippen LogP contribution in [-0.4, -0.2) is 382 Å². The summed E-state index contributed by atoms with van der Waals surface area (Å²) >= 11 is 0. The Balaban J connectivity index is 1.20. The van der Waals surface area contributed by atoms with Gasteiger partial charge in [-0.1, -0.05) is 0 Å². The van der Waals surface area contributed by atoms with Crippen LogP contribution in [0.4, 0.5) is 0 Å². The van der Waals surface area contributed by atoms with Crippen LogP contribution < -0.4 is 21.3 Å². The summed E-state index contributed by atoms with van der Waals surface area (Å²) < 4.78 is 75.9. The van der Waals surface area contributed by atoms with Crippen molar-refractivity contribution in [2.45, 2.75) is 242 Å². The number of amides is 4. The van der Waals surface area contributed by atoms with Crippen LogP contribution in [0.25, 0.3) is 0 Å². The van der Waals surface area contributed by atoms with Crippen LogP contribution in [0.15, 0.2) is 0 Å². The average Bonchev–Trinajstić information content (AvgIpc) is 1.15. The maximum Gasteiger partial charge on any atom is 0.217 e. The van der Waals surface area contributed by atoms with Gasteiger partial charge < -0.3 is 180 Å². The molecular weight excluding hydrogens is 1230 g/mol. The average molecular weight is 1320 g/mol. The summed E-state index contributed by atoms with van der Waals surface area (Å²) in [5, 5.41) is 218. The highest BCUT2D eigenvalue weighted by Gasteiger charge is 2.58. The molecule has 520 valence electrons. The first-order valence-electron chi connectivity index (χ1n) is 28.6. The molecular formula is C50H84N4O36. The van der Waals surface area contributed by atoms with Gasteiger partial charge in [0, 0.05) is 27.7 Å². The summed E-state index contributed by atoms with van der Waals surface area (Å²) in [6, 6.07) is -6.61. The van der Waals surface area contributed by atoms with Crippen molar-refractivity contribution < 1.29 is 178 Å².